The molecule has 2 heterocycles. The topological polar surface area (TPSA) is 35.5 Å². The molecule has 2 bridgehead atoms. The van der Waals surface area contributed by atoms with Gasteiger partial charge >= 0.3 is 5.97 Å². The van der Waals surface area contributed by atoms with E-state index < -0.39 is 0 Å². The van der Waals surface area contributed by atoms with Crippen molar-refractivity contribution in [3.05, 3.63) is 0 Å². The highest BCUT2D eigenvalue weighted by atomic mass is 16.6. The lowest BCUT2D eigenvalue weighted by Gasteiger charge is -2.37. The minimum atomic E-state index is -0.0989. The summed E-state index contributed by atoms with van der Waals surface area (Å²) in [6.07, 6.45) is 2.72. The van der Waals surface area contributed by atoms with Crippen LogP contribution in [0.1, 0.15) is 26.2 Å². The van der Waals surface area contributed by atoms with Crippen LogP contribution in [0, 0.1) is 0 Å². The van der Waals surface area contributed by atoms with E-state index in [0.29, 0.717) is 6.42 Å². The van der Waals surface area contributed by atoms with Gasteiger partial charge in [-0.3, -0.25) is 4.79 Å². The number of rotatable bonds is 0. The summed E-state index contributed by atoms with van der Waals surface area (Å²) in [4.78, 5) is 10.9. The van der Waals surface area contributed by atoms with Gasteiger partial charge in [0.25, 0.3) is 0 Å². The van der Waals surface area contributed by atoms with Gasteiger partial charge in [-0.05, 0) is 6.92 Å². The van der Waals surface area contributed by atoms with E-state index >= 15 is 0 Å². The molecule has 2 fully saturated rings. The fourth-order valence-corrected chi connectivity index (χ4v) is 1.85. The number of hydrogen-bond donors (Lipinski definition) is 0. The monoisotopic (exact) mass is 156 g/mol. The van der Waals surface area contributed by atoms with Crippen molar-refractivity contribution in [3.8, 4) is 0 Å². The third-order valence-electron chi connectivity index (χ3n) is 2.24. The second-order valence-corrected chi connectivity index (χ2v) is 3.36. The van der Waals surface area contributed by atoms with Crippen molar-refractivity contribution >= 4 is 5.97 Å². The van der Waals surface area contributed by atoms with E-state index in [9.17, 15) is 4.79 Å². The molecule has 0 spiro atoms. The van der Waals surface area contributed by atoms with Crippen LogP contribution in [0.3, 0.4) is 0 Å². The predicted octanol–water partition coefficient (Wildman–Crippen LogP) is 0.869. The van der Waals surface area contributed by atoms with Gasteiger partial charge in [0.1, 0.15) is 6.10 Å². The van der Waals surface area contributed by atoms with Crippen LogP contribution < -0.4 is 0 Å². The molecule has 0 aromatic heterocycles. The average Bonchev–Trinajstić information content (AvgIpc) is 1.82. The maximum atomic E-state index is 10.9. The van der Waals surface area contributed by atoms with Gasteiger partial charge in [-0.25, -0.2) is 0 Å². The molecule has 2 aliphatic heterocycles. The quantitative estimate of drug-likeness (QED) is 0.488. The number of hydrogen-bond acceptors (Lipinski definition) is 3. The number of fused-ring (bicyclic) bond motifs is 2. The standard InChI is InChI=1S/C8H12O3/c1-5-2-6-3-7(10-5)4-8(9)11-6/h5-7H,2-4H2,1H3. The predicted molar refractivity (Wildman–Crippen MR) is 38.1 cm³/mol. The first-order chi connectivity index (χ1) is 5.24. The van der Waals surface area contributed by atoms with Crippen LogP contribution in [0.2, 0.25) is 0 Å². The van der Waals surface area contributed by atoms with Crippen LogP contribution in [0.5, 0.6) is 0 Å². The molecular formula is C8H12O3. The summed E-state index contributed by atoms with van der Waals surface area (Å²) >= 11 is 0. The van der Waals surface area contributed by atoms with E-state index in [2.05, 4.69) is 0 Å². The maximum absolute atomic E-state index is 10.9. The summed E-state index contributed by atoms with van der Waals surface area (Å²) in [7, 11) is 0. The molecule has 2 rings (SSSR count). The van der Waals surface area contributed by atoms with Crippen molar-refractivity contribution in [2.45, 2.75) is 44.5 Å². The first kappa shape index (κ1) is 7.10. The summed E-state index contributed by atoms with van der Waals surface area (Å²) in [6.45, 7) is 2.03. The summed E-state index contributed by atoms with van der Waals surface area (Å²) < 4.78 is 10.6. The Morgan fingerprint density at radius 1 is 1.36 bits per heavy atom. The molecule has 3 nitrogen and oxygen atoms in total. The first-order valence-corrected chi connectivity index (χ1v) is 4.09. The average molecular weight is 156 g/mol. The Morgan fingerprint density at radius 2 is 2.18 bits per heavy atom. The number of carbonyl (C=O) groups excluding carboxylic acids is 1. The Labute approximate surface area is 65.7 Å². The third kappa shape index (κ3) is 1.38. The van der Waals surface area contributed by atoms with Gasteiger partial charge in [-0.1, -0.05) is 0 Å². The van der Waals surface area contributed by atoms with Crippen molar-refractivity contribution < 1.29 is 14.3 Å². The second kappa shape index (κ2) is 2.48. The minimum Gasteiger partial charge on any atom is -0.462 e. The van der Waals surface area contributed by atoms with Crippen LogP contribution in [-0.4, -0.2) is 24.3 Å². The van der Waals surface area contributed by atoms with Gasteiger partial charge in [-0.2, -0.15) is 0 Å². The summed E-state index contributed by atoms with van der Waals surface area (Å²) in [5, 5.41) is 0. The van der Waals surface area contributed by atoms with Crippen LogP contribution in [0.25, 0.3) is 0 Å². The number of carbonyl (C=O) groups is 1. The number of esters is 1. The fourth-order valence-electron chi connectivity index (χ4n) is 1.85. The molecule has 0 aromatic rings. The minimum absolute atomic E-state index is 0.0989. The van der Waals surface area contributed by atoms with Crippen molar-refractivity contribution in [1.29, 1.82) is 0 Å². The molecule has 0 radical (unpaired) electrons. The third-order valence-corrected chi connectivity index (χ3v) is 2.24. The van der Waals surface area contributed by atoms with Gasteiger partial charge in [0, 0.05) is 12.8 Å². The van der Waals surface area contributed by atoms with Crippen molar-refractivity contribution in [3.63, 3.8) is 0 Å². The number of ether oxygens (including phenoxy) is 2. The largest absolute Gasteiger partial charge is 0.462 e. The Balaban J connectivity index is 2.05. The Hall–Kier alpha value is -0.570. The Morgan fingerprint density at radius 3 is 2.91 bits per heavy atom. The van der Waals surface area contributed by atoms with E-state index in [-0.39, 0.29) is 24.3 Å². The van der Waals surface area contributed by atoms with E-state index in [4.69, 9.17) is 9.47 Å². The molecule has 0 aromatic carbocycles. The zero-order chi connectivity index (χ0) is 7.84. The molecule has 3 heteroatoms. The molecule has 62 valence electrons. The summed E-state index contributed by atoms with van der Waals surface area (Å²) in [5.41, 5.74) is 0. The maximum Gasteiger partial charge on any atom is 0.308 e. The molecule has 2 aliphatic rings. The highest BCUT2D eigenvalue weighted by molar-refractivity contribution is 5.71. The van der Waals surface area contributed by atoms with Crippen LogP contribution in [-0.2, 0) is 14.3 Å². The molecular weight excluding hydrogens is 144 g/mol. The van der Waals surface area contributed by atoms with Gasteiger partial charge in [0.2, 0.25) is 0 Å². The lowest BCUT2D eigenvalue weighted by atomic mass is 9.97. The highest BCUT2D eigenvalue weighted by Gasteiger charge is 2.35. The molecule has 0 aliphatic carbocycles. The normalized spacial score (nSPS) is 43.4. The van der Waals surface area contributed by atoms with Gasteiger partial charge in [0.15, 0.2) is 0 Å². The smallest absolute Gasteiger partial charge is 0.308 e. The Bertz CT molecular complexity index is 158. The Kier molecular flexibility index (Phi) is 1.60. The zero-order valence-corrected chi connectivity index (χ0v) is 6.58. The molecule has 0 saturated carbocycles. The van der Waals surface area contributed by atoms with Crippen LogP contribution in [0.4, 0.5) is 0 Å². The van der Waals surface area contributed by atoms with E-state index in [0.717, 1.165) is 12.8 Å². The van der Waals surface area contributed by atoms with E-state index in [1.807, 2.05) is 6.92 Å². The van der Waals surface area contributed by atoms with Crippen molar-refractivity contribution in [2.75, 3.05) is 0 Å². The lowest BCUT2D eigenvalue weighted by Crippen LogP contribution is -2.42. The lowest BCUT2D eigenvalue weighted by molar-refractivity contribution is -0.182. The first-order valence-electron chi connectivity index (χ1n) is 4.09. The van der Waals surface area contributed by atoms with Crippen molar-refractivity contribution in [2.24, 2.45) is 0 Å². The molecule has 2 saturated heterocycles. The summed E-state index contributed by atoms with van der Waals surface area (Å²) in [5.74, 6) is -0.0989. The van der Waals surface area contributed by atoms with E-state index in [1.165, 1.54) is 0 Å². The van der Waals surface area contributed by atoms with Crippen LogP contribution in [0.15, 0.2) is 0 Å². The highest BCUT2D eigenvalue weighted by Crippen LogP contribution is 2.28. The molecule has 0 amide bonds. The van der Waals surface area contributed by atoms with Crippen molar-refractivity contribution in [1.82, 2.24) is 0 Å². The van der Waals surface area contributed by atoms with Gasteiger partial charge in [-0.15, -0.1) is 0 Å². The van der Waals surface area contributed by atoms with Gasteiger partial charge < -0.3 is 9.47 Å². The van der Waals surface area contributed by atoms with Gasteiger partial charge in [0.05, 0.1) is 18.6 Å². The molecule has 0 N–H and O–H groups in total. The second-order valence-electron chi connectivity index (χ2n) is 3.36. The fraction of sp³-hybridized carbons (Fsp3) is 0.875. The zero-order valence-electron chi connectivity index (χ0n) is 6.58. The SMILES string of the molecule is CC1CC2CC(CC(=O)O2)O1. The van der Waals surface area contributed by atoms with Crippen LogP contribution >= 0.6 is 0 Å². The molecule has 3 atom stereocenters. The molecule has 11 heavy (non-hydrogen) atoms. The van der Waals surface area contributed by atoms with E-state index in [1.54, 1.807) is 0 Å². The summed E-state index contributed by atoms with van der Waals surface area (Å²) in [6, 6.07) is 0. The molecule has 3 unspecified atom stereocenters.